The Bertz CT molecular complexity index is 890. The average molecular weight is 360 g/mol. The summed E-state index contributed by atoms with van der Waals surface area (Å²) in [6.45, 7) is 8.12. The highest BCUT2D eigenvalue weighted by atomic mass is 32.2. The molecule has 0 heterocycles. The first-order chi connectivity index (χ1) is 11.7. The number of aryl methyl sites for hydroxylation is 3. The van der Waals surface area contributed by atoms with Gasteiger partial charge in [0.25, 0.3) is 15.9 Å². The second-order valence-corrected chi connectivity index (χ2v) is 7.79. The van der Waals surface area contributed by atoms with Gasteiger partial charge in [-0.1, -0.05) is 19.1 Å². The van der Waals surface area contributed by atoms with E-state index in [2.05, 4.69) is 10.0 Å². The molecule has 0 saturated carbocycles. The topological polar surface area (TPSA) is 75.3 Å². The smallest absolute Gasteiger partial charge is 0.262 e. The number of nitrogens with one attached hydrogen (secondary N) is 2. The van der Waals surface area contributed by atoms with Gasteiger partial charge >= 0.3 is 0 Å². The molecule has 0 aromatic heterocycles. The highest BCUT2D eigenvalue weighted by molar-refractivity contribution is 7.92. The highest BCUT2D eigenvalue weighted by Gasteiger charge is 2.19. The number of rotatable bonds is 6. The average Bonchev–Trinajstić information content (AvgIpc) is 2.56. The van der Waals surface area contributed by atoms with E-state index >= 15 is 0 Å². The van der Waals surface area contributed by atoms with Gasteiger partial charge in [0.15, 0.2) is 0 Å². The molecule has 0 radical (unpaired) electrons. The van der Waals surface area contributed by atoms with E-state index in [9.17, 15) is 13.2 Å². The molecule has 5 nitrogen and oxygen atoms in total. The summed E-state index contributed by atoms with van der Waals surface area (Å²) in [5.74, 6) is -0.274. The van der Waals surface area contributed by atoms with E-state index < -0.39 is 10.0 Å². The first-order valence-corrected chi connectivity index (χ1v) is 9.72. The van der Waals surface area contributed by atoms with Gasteiger partial charge in [0, 0.05) is 17.8 Å². The van der Waals surface area contributed by atoms with E-state index in [4.69, 9.17) is 0 Å². The Balaban J connectivity index is 2.34. The molecule has 0 aliphatic carbocycles. The molecule has 0 spiro atoms. The summed E-state index contributed by atoms with van der Waals surface area (Å²) in [4.78, 5) is 12.2. The maximum Gasteiger partial charge on any atom is 0.262 e. The van der Waals surface area contributed by atoms with Crippen molar-refractivity contribution < 1.29 is 13.2 Å². The van der Waals surface area contributed by atoms with Gasteiger partial charge in [-0.2, -0.15) is 0 Å². The lowest BCUT2D eigenvalue weighted by Crippen LogP contribution is -2.24. The van der Waals surface area contributed by atoms with E-state index in [1.54, 1.807) is 31.2 Å². The van der Waals surface area contributed by atoms with E-state index in [1.165, 1.54) is 6.07 Å². The fourth-order valence-electron chi connectivity index (χ4n) is 2.39. The van der Waals surface area contributed by atoms with Crippen molar-refractivity contribution in [3.05, 3.63) is 58.7 Å². The number of amides is 1. The summed E-state index contributed by atoms with van der Waals surface area (Å²) in [7, 11) is -3.78. The van der Waals surface area contributed by atoms with Gasteiger partial charge in [0.1, 0.15) is 0 Å². The van der Waals surface area contributed by atoms with Crippen LogP contribution in [-0.4, -0.2) is 20.9 Å². The highest BCUT2D eigenvalue weighted by Crippen LogP contribution is 2.22. The molecule has 134 valence electrons. The first-order valence-electron chi connectivity index (χ1n) is 8.23. The Morgan fingerprint density at radius 3 is 2.28 bits per heavy atom. The van der Waals surface area contributed by atoms with Gasteiger partial charge in [0.05, 0.1) is 4.90 Å². The van der Waals surface area contributed by atoms with Crippen molar-refractivity contribution in [3.63, 3.8) is 0 Å². The maximum atomic E-state index is 12.8. The summed E-state index contributed by atoms with van der Waals surface area (Å²) in [6, 6.07) is 10.1. The molecule has 2 aromatic carbocycles. The number of carbonyl (C=O) groups excluding carboxylic acids is 1. The number of anilines is 1. The molecule has 25 heavy (non-hydrogen) atoms. The van der Waals surface area contributed by atoms with Crippen molar-refractivity contribution in [1.82, 2.24) is 5.32 Å². The molecule has 2 aromatic rings. The van der Waals surface area contributed by atoms with Gasteiger partial charge in [-0.15, -0.1) is 0 Å². The monoisotopic (exact) mass is 360 g/mol. The Labute approximate surface area is 149 Å². The molecule has 0 aliphatic rings. The lowest BCUT2D eigenvalue weighted by Gasteiger charge is -2.13. The predicted molar refractivity (Wildman–Crippen MR) is 101 cm³/mol. The summed E-state index contributed by atoms with van der Waals surface area (Å²) in [5.41, 5.74) is 3.52. The van der Waals surface area contributed by atoms with Crippen LogP contribution in [-0.2, 0) is 10.0 Å². The molecule has 2 N–H and O–H groups in total. The Morgan fingerprint density at radius 1 is 0.960 bits per heavy atom. The number of benzene rings is 2. The number of hydrogen-bond acceptors (Lipinski definition) is 3. The van der Waals surface area contributed by atoms with E-state index in [1.807, 2.05) is 26.8 Å². The quantitative estimate of drug-likeness (QED) is 0.827. The summed E-state index contributed by atoms with van der Waals surface area (Å²) >= 11 is 0. The van der Waals surface area contributed by atoms with E-state index in [0.29, 0.717) is 23.4 Å². The molecule has 0 aliphatic heterocycles. The van der Waals surface area contributed by atoms with E-state index in [-0.39, 0.29) is 10.8 Å². The van der Waals surface area contributed by atoms with Crippen LogP contribution >= 0.6 is 0 Å². The van der Waals surface area contributed by atoms with Crippen molar-refractivity contribution in [1.29, 1.82) is 0 Å². The first kappa shape index (κ1) is 19.0. The Hall–Kier alpha value is -2.34. The van der Waals surface area contributed by atoms with Crippen molar-refractivity contribution in [2.24, 2.45) is 0 Å². The Kier molecular flexibility index (Phi) is 5.85. The van der Waals surface area contributed by atoms with Crippen LogP contribution in [0.25, 0.3) is 0 Å². The molecule has 0 saturated heterocycles. The van der Waals surface area contributed by atoms with Gasteiger partial charge < -0.3 is 5.32 Å². The van der Waals surface area contributed by atoms with Gasteiger partial charge in [-0.3, -0.25) is 9.52 Å². The number of hydrogen-bond donors (Lipinski definition) is 2. The van der Waals surface area contributed by atoms with Crippen LogP contribution in [0, 0.1) is 20.8 Å². The fraction of sp³-hybridized carbons (Fsp3) is 0.316. The van der Waals surface area contributed by atoms with Gasteiger partial charge in [-0.25, -0.2) is 8.42 Å². The molecule has 6 heteroatoms. The van der Waals surface area contributed by atoms with Crippen molar-refractivity contribution in [2.75, 3.05) is 11.3 Å². The summed E-state index contributed by atoms with van der Waals surface area (Å²) in [6.07, 6.45) is 0.817. The fourth-order valence-corrected chi connectivity index (χ4v) is 3.71. The van der Waals surface area contributed by atoms with E-state index in [0.717, 1.165) is 17.5 Å². The molecular formula is C19H24N2O3S. The van der Waals surface area contributed by atoms with Gasteiger partial charge in [0.2, 0.25) is 0 Å². The van der Waals surface area contributed by atoms with Crippen LogP contribution in [0.2, 0.25) is 0 Å². The van der Waals surface area contributed by atoms with Crippen LogP contribution in [0.4, 0.5) is 5.69 Å². The zero-order valence-corrected chi connectivity index (χ0v) is 15.8. The minimum absolute atomic E-state index is 0.106. The van der Waals surface area contributed by atoms with Crippen LogP contribution < -0.4 is 10.0 Å². The third kappa shape index (κ3) is 4.60. The van der Waals surface area contributed by atoms with Crippen LogP contribution in [0.15, 0.2) is 41.3 Å². The molecule has 0 unspecified atom stereocenters. The SMILES string of the molecule is CCCNC(=O)c1ccc(C)c(S(=O)(=O)Nc2ccc(C)c(C)c2)c1. The molecule has 1 amide bonds. The normalized spacial score (nSPS) is 11.2. The third-order valence-electron chi connectivity index (χ3n) is 4.03. The summed E-state index contributed by atoms with van der Waals surface area (Å²) in [5, 5.41) is 2.76. The van der Waals surface area contributed by atoms with Crippen molar-refractivity contribution >= 4 is 21.6 Å². The van der Waals surface area contributed by atoms with Crippen LogP contribution in [0.5, 0.6) is 0 Å². The van der Waals surface area contributed by atoms with Crippen LogP contribution in [0.1, 0.15) is 40.4 Å². The zero-order valence-electron chi connectivity index (χ0n) is 15.0. The molecule has 2 rings (SSSR count). The summed E-state index contributed by atoms with van der Waals surface area (Å²) < 4.78 is 28.1. The number of sulfonamides is 1. The lowest BCUT2D eigenvalue weighted by atomic mass is 10.1. The maximum absolute atomic E-state index is 12.8. The number of carbonyl (C=O) groups is 1. The molecular weight excluding hydrogens is 336 g/mol. The third-order valence-corrected chi connectivity index (χ3v) is 5.56. The van der Waals surface area contributed by atoms with Crippen molar-refractivity contribution in [2.45, 2.75) is 39.0 Å². The second-order valence-electron chi connectivity index (χ2n) is 6.14. The van der Waals surface area contributed by atoms with Crippen molar-refractivity contribution in [3.8, 4) is 0 Å². The second kappa shape index (κ2) is 7.70. The molecule has 0 fully saturated rings. The molecule has 0 atom stereocenters. The minimum atomic E-state index is -3.78. The largest absolute Gasteiger partial charge is 0.352 e. The van der Waals surface area contributed by atoms with Gasteiger partial charge in [-0.05, 0) is 68.1 Å². The standard InChI is InChI=1S/C19H24N2O3S/c1-5-10-20-19(22)16-8-6-14(3)18(12-16)25(23,24)21-17-9-7-13(2)15(4)11-17/h6-9,11-12,21H,5,10H2,1-4H3,(H,20,22). The Morgan fingerprint density at radius 2 is 1.64 bits per heavy atom. The van der Waals surface area contributed by atoms with Crippen LogP contribution in [0.3, 0.4) is 0 Å². The predicted octanol–water partition coefficient (Wildman–Crippen LogP) is 3.55. The molecule has 0 bridgehead atoms. The zero-order chi connectivity index (χ0) is 18.6. The lowest BCUT2D eigenvalue weighted by molar-refractivity contribution is 0.0953. The minimum Gasteiger partial charge on any atom is -0.352 e.